The molecule has 0 spiro atoms. The zero-order valence-electron chi connectivity index (χ0n) is 11.2. The van der Waals surface area contributed by atoms with Gasteiger partial charge in [0, 0.05) is 0 Å². The number of benzene rings is 1. The minimum atomic E-state index is -5.03. The van der Waals surface area contributed by atoms with E-state index in [9.17, 15) is 12.9 Å². The van der Waals surface area contributed by atoms with E-state index >= 15 is 0 Å². The van der Waals surface area contributed by atoms with Gasteiger partial charge < -0.3 is 22.4 Å². The van der Waals surface area contributed by atoms with Crippen molar-refractivity contribution in [2.24, 2.45) is 0 Å². The summed E-state index contributed by atoms with van der Waals surface area (Å²) in [5.41, 5.74) is -0.846. The average molecular weight is 298 g/mol. The van der Waals surface area contributed by atoms with Crippen molar-refractivity contribution in [1.82, 2.24) is 0 Å². The first kappa shape index (κ1) is 19.1. The van der Waals surface area contributed by atoms with Crippen molar-refractivity contribution in [3.05, 3.63) is 36.3 Å². The standard InChI is InChI=1S/C12H15BF3O2.K/c1-3-8-17-11-4-6-12(7-5-11)18-9-10(2)13(14,15)16;/h4-7H,2-3,8-9H2,1H3;/q-1;+1. The molecule has 0 atom stereocenters. The zero-order chi connectivity index (χ0) is 13.6. The fourth-order valence-electron chi connectivity index (χ4n) is 1.12. The SMILES string of the molecule is C=C(COc1ccc(OCCC)cc1)[B-](F)(F)F.[K+]. The maximum Gasteiger partial charge on any atom is 1.00 e. The number of rotatable bonds is 7. The van der Waals surface area contributed by atoms with Gasteiger partial charge in [-0.1, -0.05) is 6.92 Å². The Morgan fingerprint density at radius 3 is 2.00 bits per heavy atom. The Balaban J connectivity index is 0.00000324. The van der Waals surface area contributed by atoms with Crippen LogP contribution in [-0.2, 0) is 0 Å². The first-order valence-electron chi connectivity index (χ1n) is 5.66. The summed E-state index contributed by atoms with van der Waals surface area (Å²) in [5, 5.41) is 0. The Labute approximate surface area is 153 Å². The summed E-state index contributed by atoms with van der Waals surface area (Å²) in [6.45, 7) is -0.0291. The predicted octanol–water partition coefficient (Wildman–Crippen LogP) is 0.801. The molecule has 100 valence electrons. The molecule has 1 aromatic rings. The van der Waals surface area contributed by atoms with E-state index in [1.54, 1.807) is 24.3 Å². The topological polar surface area (TPSA) is 18.5 Å². The van der Waals surface area contributed by atoms with Crippen LogP contribution in [-0.4, -0.2) is 20.2 Å². The number of ether oxygens (including phenoxy) is 2. The maximum atomic E-state index is 12.2. The minimum Gasteiger partial charge on any atom is -0.494 e. The third kappa shape index (κ3) is 7.41. The molecule has 0 bridgehead atoms. The Bertz CT molecular complexity index is 393. The van der Waals surface area contributed by atoms with Crippen LogP contribution < -0.4 is 60.9 Å². The Morgan fingerprint density at radius 1 is 1.11 bits per heavy atom. The fourth-order valence-corrected chi connectivity index (χ4v) is 1.12. The van der Waals surface area contributed by atoms with Crippen molar-refractivity contribution in [2.75, 3.05) is 13.2 Å². The first-order valence-corrected chi connectivity index (χ1v) is 5.66. The summed E-state index contributed by atoms with van der Waals surface area (Å²) in [6.07, 6.45) is 0.895. The van der Waals surface area contributed by atoms with Gasteiger partial charge in [-0.3, -0.25) is 0 Å². The second-order valence-corrected chi connectivity index (χ2v) is 3.84. The molecule has 1 rings (SSSR count). The summed E-state index contributed by atoms with van der Waals surface area (Å²) in [5.74, 6) is 1.03. The molecule has 1 aromatic carbocycles. The molecule has 0 aliphatic carbocycles. The molecule has 19 heavy (non-hydrogen) atoms. The largest absolute Gasteiger partial charge is 1.00 e. The van der Waals surface area contributed by atoms with Crippen molar-refractivity contribution in [3.8, 4) is 11.5 Å². The summed E-state index contributed by atoms with van der Waals surface area (Å²) < 4.78 is 47.0. The van der Waals surface area contributed by atoms with Crippen molar-refractivity contribution >= 4 is 6.98 Å². The van der Waals surface area contributed by atoms with E-state index in [1.165, 1.54) is 0 Å². The van der Waals surface area contributed by atoms with E-state index in [4.69, 9.17) is 9.47 Å². The van der Waals surface area contributed by atoms with Gasteiger partial charge in [0.05, 0.1) is 13.2 Å². The molecule has 0 aliphatic rings. The van der Waals surface area contributed by atoms with Crippen molar-refractivity contribution in [1.29, 1.82) is 0 Å². The number of halogens is 3. The van der Waals surface area contributed by atoms with E-state index in [0.29, 0.717) is 18.1 Å². The molecule has 2 nitrogen and oxygen atoms in total. The summed E-state index contributed by atoms with van der Waals surface area (Å²) >= 11 is 0. The Kier molecular flexibility index (Phi) is 9.10. The fraction of sp³-hybridized carbons (Fsp3) is 0.333. The molecule has 0 unspecified atom stereocenters. The predicted molar refractivity (Wildman–Crippen MR) is 65.9 cm³/mol. The Hall–Kier alpha value is 0.0513. The van der Waals surface area contributed by atoms with Gasteiger partial charge in [0.2, 0.25) is 0 Å². The third-order valence-corrected chi connectivity index (χ3v) is 2.18. The van der Waals surface area contributed by atoms with Gasteiger partial charge in [-0.2, -0.15) is 0 Å². The zero-order valence-corrected chi connectivity index (χ0v) is 14.3. The molecule has 0 aromatic heterocycles. The van der Waals surface area contributed by atoms with E-state index in [1.807, 2.05) is 6.92 Å². The van der Waals surface area contributed by atoms with Crippen LogP contribution in [0.15, 0.2) is 36.3 Å². The van der Waals surface area contributed by atoms with Gasteiger partial charge in [0.15, 0.2) is 0 Å². The van der Waals surface area contributed by atoms with Gasteiger partial charge in [-0.05, 0) is 30.7 Å². The van der Waals surface area contributed by atoms with Crippen LogP contribution in [0, 0.1) is 0 Å². The molecule has 0 saturated heterocycles. The summed E-state index contributed by atoms with van der Waals surface area (Å²) in [4.78, 5) is 0. The molecular formula is C12H15BF3KO2. The van der Waals surface area contributed by atoms with Crippen LogP contribution in [0.1, 0.15) is 13.3 Å². The van der Waals surface area contributed by atoms with Crippen molar-refractivity contribution in [3.63, 3.8) is 0 Å². The van der Waals surface area contributed by atoms with Crippen LogP contribution in [0.5, 0.6) is 11.5 Å². The normalized spacial score (nSPS) is 10.5. The number of hydrogen-bond acceptors (Lipinski definition) is 2. The summed E-state index contributed by atoms with van der Waals surface area (Å²) in [6, 6.07) is 6.46. The molecule has 0 radical (unpaired) electrons. The van der Waals surface area contributed by atoms with Crippen molar-refractivity contribution in [2.45, 2.75) is 13.3 Å². The average Bonchev–Trinajstić information content (AvgIpc) is 2.33. The van der Waals surface area contributed by atoms with E-state index < -0.39 is 19.1 Å². The molecule has 7 heteroatoms. The minimum absolute atomic E-state index is 0. The Morgan fingerprint density at radius 2 is 1.58 bits per heavy atom. The molecule has 0 N–H and O–H groups in total. The van der Waals surface area contributed by atoms with Crippen molar-refractivity contribution < 1.29 is 73.8 Å². The smallest absolute Gasteiger partial charge is 0.494 e. The molecule has 0 amide bonds. The van der Waals surface area contributed by atoms with Crippen LogP contribution in [0.2, 0.25) is 0 Å². The summed E-state index contributed by atoms with van der Waals surface area (Å²) in [7, 11) is 0. The van der Waals surface area contributed by atoms with Crippen LogP contribution >= 0.6 is 0 Å². The molecule has 0 saturated carbocycles. The molecule has 0 fully saturated rings. The third-order valence-electron chi connectivity index (χ3n) is 2.18. The molecule has 0 heterocycles. The quantitative estimate of drug-likeness (QED) is 0.693. The number of hydrogen-bond donors (Lipinski definition) is 0. The van der Waals surface area contributed by atoms with Crippen LogP contribution in [0.4, 0.5) is 12.9 Å². The second-order valence-electron chi connectivity index (χ2n) is 3.84. The monoisotopic (exact) mass is 298 g/mol. The van der Waals surface area contributed by atoms with Gasteiger partial charge in [0.1, 0.15) is 11.5 Å². The van der Waals surface area contributed by atoms with E-state index in [0.717, 1.165) is 6.42 Å². The van der Waals surface area contributed by atoms with E-state index in [2.05, 4.69) is 6.58 Å². The van der Waals surface area contributed by atoms with Crippen LogP contribution in [0.3, 0.4) is 0 Å². The van der Waals surface area contributed by atoms with Gasteiger partial charge in [-0.25, -0.2) is 0 Å². The van der Waals surface area contributed by atoms with Gasteiger partial charge in [-0.15, -0.1) is 12.1 Å². The van der Waals surface area contributed by atoms with Gasteiger partial charge in [0.25, 0.3) is 0 Å². The maximum absolute atomic E-state index is 12.2. The first-order chi connectivity index (χ1) is 8.43. The molecular weight excluding hydrogens is 283 g/mol. The molecule has 0 aliphatic heterocycles. The van der Waals surface area contributed by atoms with E-state index in [-0.39, 0.29) is 51.4 Å². The van der Waals surface area contributed by atoms with Gasteiger partial charge >= 0.3 is 58.4 Å². The second kappa shape index (κ2) is 9.07. The van der Waals surface area contributed by atoms with Crippen LogP contribution in [0.25, 0.3) is 0 Å².